The highest BCUT2D eigenvalue weighted by molar-refractivity contribution is 6.35. The molecule has 0 aliphatic carbocycles. The lowest BCUT2D eigenvalue weighted by Crippen LogP contribution is -2.39. The first-order valence-corrected chi connectivity index (χ1v) is 8.46. The van der Waals surface area contributed by atoms with Crippen LogP contribution in [0.2, 0.25) is 10.0 Å². The Labute approximate surface area is 151 Å². The van der Waals surface area contributed by atoms with E-state index in [0.717, 1.165) is 24.9 Å². The molecule has 0 radical (unpaired) electrons. The summed E-state index contributed by atoms with van der Waals surface area (Å²) in [7, 11) is 1.73. The highest BCUT2D eigenvalue weighted by Gasteiger charge is 2.11. The van der Waals surface area contributed by atoms with Gasteiger partial charge >= 0.3 is 0 Å². The molecule has 0 aliphatic rings. The summed E-state index contributed by atoms with van der Waals surface area (Å²) in [6.07, 6.45) is 1.59. The molecule has 0 spiro atoms. The van der Waals surface area contributed by atoms with Crippen molar-refractivity contribution in [1.82, 2.24) is 20.8 Å². The molecular formula is C16H21Cl2N5O. The summed E-state index contributed by atoms with van der Waals surface area (Å²) in [5, 5.41) is 11.6. The largest absolute Gasteiger partial charge is 0.356 e. The van der Waals surface area contributed by atoms with Gasteiger partial charge in [0.05, 0.1) is 6.04 Å². The lowest BCUT2D eigenvalue weighted by molar-refractivity contribution is 0.372. The molecule has 0 saturated heterocycles. The van der Waals surface area contributed by atoms with E-state index < -0.39 is 0 Å². The fourth-order valence-electron chi connectivity index (χ4n) is 2.22. The average Bonchev–Trinajstić information content (AvgIpc) is 2.95. The number of halogens is 2. The van der Waals surface area contributed by atoms with Crippen molar-refractivity contribution in [2.24, 2.45) is 4.99 Å². The maximum atomic E-state index is 6.24. The van der Waals surface area contributed by atoms with E-state index in [-0.39, 0.29) is 6.04 Å². The van der Waals surface area contributed by atoms with Gasteiger partial charge in [-0.1, -0.05) is 34.4 Å². The highest BCUT2D eigenvalue weighted by Crippen LogP contribution is 2.25. The summed E-state index contributed by atoms with van der Waals surface area (Å²) >= 11 is 12.2. The Morgan fingerprint density at radius 2 is 2.17 bits per heavy atom. The van der Waals surface area contributed by atoms with Crippen LogP contribution in [0.15, 0.2) is 27.7 Å². The van der Waals surface area contributed by atoms with E-state index in [1.165, 1.54) is 0 Å². The molecule has 1 atom stereocenters. The van der Waals surface area contributed by atoms with Crippen molar-refractivity contribution in [3.63, 3.8) is 0 Å². The molecule has 2 aromatic rings. The first kappa shape index (κ1) is 18.5. The molecule has 1 aromatic carbocycles. The molecule has 1 unspecified atom stereocenters. The molecule has 1 heterocycles. The van der Waals surface area contributed by atoms with Gasteiger partial charge in [0.1, 0.15) is 0 Å². The second-order valence-corrected chi connectivity index (χ2v) is 6.21. The highest BCUT2D eigenvalue weighted by atomic mass is 35.5. The molecule has 0 fully saturated rings. The second-order valence-electron chi connectivity index (χ2n) is 5.37. The molecule has 2 rings (SSSR count). The predicted octanol–water partition coefficient (Wildman–Crippen LogP) is 3.54. The minimum absolute atomic E-state index is 0.000410. The standard InChI is InChI=1S/C16H21Cl2N5O/c1-10(13-7-6-12(17)9-14(13)18)21-16(19-3)20-8-4-5-15-22-11(2)23-24-15/h6-7,9-10H,4-5,8H2,1-3H3,(H2,19,20,21). The zero-order valence-electron chi connectivity index (χ0n) is 13.9. The predicted molar refractivity (Wildman–Crippen MR) is 96.7 cm³/mol. The van der Waals surface area contributed by atoms with Gasteiger partial charge in [-0.05, 0) is 38.0 Å². The number of aromatic nitrogens is 2. The number of nitrogens with one attached hydrogen (secondary N) is 2. The molecule has 24 heavy (non-hydrogen) atoms. The minimum Gasteiger partial charge on any atom is -0.356 e. The topological polar surface area (TPSA) is 75.3 Å². The van der Waals surface area contributed by atoms with Gasteiger partial charge in [-0.25, -0.2) is 0 Å². The van der Waals surface area contributed by atoms with Crippen LogP contribution in [0.1, 0.15) is 36.7 Å². The number of benzene rings is 1. The third kappa shape index (κ3) is 5.39. The third-order valence-electron chi connectivity index (χ3n) is 3.44. The van der Waals surface area contributed by atoms with Crippen LogP contribution in [-0.2, 0) is 6.42 Å². The Bertz CT molecular complexity index is 702. The van der Waals surface area contributed by atoms with E-state index in [1.807, 2.05) is 19.1 Å². The first-order valence-electron chi connectivity index (χ1n) is 7.71. The summed E-state index contributed by atoms with van der Waals surface area (Å²) in [5.74, 6) is 2.01. The monoisotopic (exact) mass is 369 g/mol. The number of aryl methyl sites for hydroxylation is 2. The Morgan fingerprint density at radius 1 is 1.38 bits per heavy atom. The zero-order chi connectivity index (χ0) is 17.5. The number of hydrogen-bond acceptors (Lipinski definition) is 4. The van der Waals surface area contributed by atoms with Gasteiger partial charge in [0.15, 0.2) is 11.8 Å². The third-order valence-corrected chi connectivity index (χ3v) is 4.00. The number of rotatable bonds is 6. The molecule has 1 aromatic heterocycles. The second kappa shape index (κ2) is 8.89. The molecule has 0 bridgehead atoms. The van der Waals surface area contributed by atoms with Crippen molar-refractivity contribution in [3.8, 4) is 0 Å². The van der Waals surface area contributed by atoms with Gasteiger partial charge in [0.25, 0.3) is 0 Å². The van der Waals surface area contributed by atoms with Crippen molar-refractivity contribution >= 4 is 29.2 Å². The lowest BCUT2D eigenvalue weighted by atomic mass is 10.1. The molecule has 130 valence electrons. The Morgan fingerprint density at radius 3 is 2.79 bits per heavy atom. The molecule has 0 aliphatic heterocycles. The van der Waals surface area contributed by atoms with Crippen LogP contribution < -0.4 is 10.6 Å². The summed E-state index contributed by atoms with van der Waals surface area (Å²) in [6, 6.07) is 5.47. The zero-order valence-corrected chi connectivity index (χ0v) is 15.4. The Kier molecular flexibility index (Phi) is 6.87. The Hall–Kier alpha value is -1.79. The van der Waals surface area contributed by atoms with Crippen molar-refractivity contribution in [1.29, 1.82) is 0 Å². The summed E-state index contributed by atoms with van der Waals surface area (Å²) < 4.78 is 5.08. The van der Waals surface area contributed by atoms with E-state index in [1.54, 1.807) is 20.0 Å². The summed E-state index contributed by atoms with van der Waals surface area (Å²) in [5.41, 5.74) is 0.963. The first-order chi connectivity index (χ1) is 11.5. The van der Waals surface area contributed by atoms with Crippen LogP contribution in [-0.4, -0.2) is 29.7 Å². The van der Waals surface area contributed by atoms with E-state index >= 15 is 0 Å². The molecular weight excluding hydrogens is 349 g/mol. The fourth-order valence-corrected chi connectivity index (χ4v) is 2.79. The fraction of sp³-hybridized carbons (Fsp3) is 0.438. The maximum Gasteiger partial charge on any atom is 0.226 e. The number of aliphatic imine (C=N–C) groups is 1. The van der Waals surface area contributed by atoms with Crippen molar-refractivity contribution in [3.05, 3.63) is 45.5 Å². The van der Waals surface area contributed by atoms with Gasteiger partial charge in [0.2, 0.25) is 5.89 Å². The van der Waals surface area contributed by atoms with Crippen LogP contribution in [0.5, 0.6) is 0 Å². The van der Waals surface area contributed by atoms with E-state index in [2.05, 4.69) is 25.8 Å². The van der Waals surface area contributed by atoms with Gasteiger partial charge in [-0.15, -0.1) is 0 Å². The van der Waals surface area contributed by atoms with Gasteiger partial charge < -0.3 is 15.2 Å². The van der Waals surface area contributed by atoms with Crippen LogP contribution in [0.4, 0.5) is 0 Å². The van der Waals surface area contributed by atoms with E-state index in [0.29, 0.717) is 27.7 Å². The van der Waals surface area contributed by atoms with Crippen LogP contribution in [0, 0.1) is 6.92 Å². The average molecular weight is 370 g/mol. The summed E-state index contributed by atoms with van der Waals surface area (Å²) in [6.45, 7) is 4.56. The van der Waals surface area contributed by atoms with Gasteiger partial charge in [-0.2, -0.15) is 4.98 Å². The van der Waals surface area contributed by atoms with Gasteiger partial charge in [-0.3, -0.25) is 4.99 Å². The quantitative estimate of drug-likeness (QED) is 0.462. The molecule has 2 N–H and O–H groups in total. The van der Waals surface area contributed by atoms with Crippen LogP contribution in [0.3, 0.4) is 0 Å². The van der Waals surface area contributed by atoms with Crippen molar-refractivity contribution in [2.45, 2.75) is 32.7 Å². The molecule has 6 nitrogen and oxygen atoms in total. The van der Waals surface area contributed by atoms with Crippen LogP contribution in [0.25, 0.3) is 0 Å². The lowest BCUT2D eigenvalue weighted by Gasteiger charge is -2.19. The van der Waals surface area contributed by atoms with E-state index in [9.17, 15) is 0 Å². The maximum absolute atomic E-state index is 6.24. The van der Waals surface area contributed by atoms with Crippen molar-refractivity contribution in [2.75, 3.05) is 13.6 Å². The number of nitrogens with zero attached hydrogens (tertiary/aromatic N) is 3. The van der Waals surface area contributed by atoms with Crippen LogP contribution >= 0.6 is 23.2 Å². The summed E-state index contributed by atoms with van der Waals surface area (Å²) in [4.78, 5) is 8.40. The van der Waals surface area contributed by atoms with Crippen molar-refractivity contribution < 1.29 is 4.52 Å². The number of guanidine groups is 1. The van der Waals surface area contributed by atoms with E-state index in [4.69, 9.17) is 27.7 Å². The molecule has 0 saturated carbocycles. The SMILES string of the molecule is CN=C(NCCCc1nc(C)no1)NC(C)c1ccc(Cl)cc1Cl. The Balaban J connectivity index is 1.81. The molecule has 8 heteroatoms. The van der Waals surface area contributed by atoms with Gasteiger partial charge in [0, 0.05) is 30.1 Å². The molecule has 0 amide bonds. The normalized spacial score (nSPS) is 13.0. The number of hydrogen-bond donors (Lipinski definition) is 2. The minimum atomic E-state index is -0.000410. The smallest absolute Gasteiger partial charge is 0.226 e.